The van der Waals surface area contributed by atoms with Crippen molar-refractivity contribution in [1.82, 2.24) is 9.97 Å². The van der Waals surface area contributed by atoms with Crippen LogP contribution in [0.15, 0.2) is 64.4 Å². The predicted molar refractivity (Wildman–Crippen MR) is 120 cm³/mol. The van der Waals surface area contributed by atoms with Gasteiger partial charge in [-0.1, -0.05) is 24.3 Å². The molecule has 3 aromatic rings. The largest absolute Gasteiger partial charge is 0.396 e. The van der Waals surface area contributed by atoms with Gasteiger partial charge in [-0.15, -0.1) is 0 Å². The van der Waals surface area contributed by atoms with E-state index in [0.717, 1.165) is 16.3 Å². The minimum absolute atomic E-state index is 0.0303. The van der Waals surface area contributed by atoms with Crippen LogP contribution in [0.4, 0.5) is 22.0 Å². The molecular formula is C21H19BrN4O4S. The molecule has 0 bridgehead atoms. The van der Waals surface area contributed by atoms with Crippen LogP contribution in [0.2, 0.25) is 0 Å². The zero-order valence-electron chi connectivity index (χ0n) is 16.6. The molecule has 0 unspecified atom stereocenters. The Balaban J connectivity index is 1.91. The van der Waals surface area contributed by atoms with E-state index in [1.54, 1.807) is 23.1 Å². The van der Waals surface area contributed by atoms with Crippen molar-refractivity contribution in [2.45, 2.75) is 18.1 Å². The van der Waals surface area contributed by atoms with Crippen LogP contribution in [0, 0.1) is 0 Å². The van der Waals surface area contributed by atoms with Gasteiger partial charge in [0, 0.05) is 29.1 Å². The second kappa shape index (κ2) is 8.37. The van der Waals surface area contributed by atoms with Gasteiger partial charge < -0.3 is 5.11 Å². The van der Waals surface area contributed by atoms with E-state index < -0.39 is 9.84 Å². The van der Waals surface area contributed by atoms with Gasteiger partial charge in [0.05, 0.1) is 17.9 Å². The molecule has 160 valence electrons. The van der Waals surface area contributed by atoms with Crippen LogP contribution in [0.5, 0.6) is 0 Å². The molecule has 0 saturated carbocycles. The molecule has 1 N–H and O–H groups in total. The Hall–Kier alpha value is -2.82. The van der Waals surface area contributed by atoms with Crippen molar-refractivity contribution >= 4 is 49.0 Å². The highest BCUT2D eigenvalue weighted by atomic mass is 79.9. The quantitative estimate of drug-likeness (QED) is 0.535. The molecule has 1 aromatic heterocycles. The van der Waals surface area contributed by atoms with E-state index >= 15 is 0 Å². The number of carbonyl (C=O) groups excluding carboxylic acids is 1. The summed E-state index contributed by atoms with van der Waals surface area (Å²) in [6.45, 7) is 0.158. The lowest BCUT2D eigenvalue weighted by Gasteiger charge is -2.36. The molecule has 4 rings (SSSR count). The monoisotopic (exact) mass is 502 g/mol. The zero-order chi connectivity index (χ0) is 22.2. The van der Waals surface area contributed by atoms with E-state index in [2.05, 4.69) is 25.9 Å². The normalized spacial score (nSPS) is 14.0. The van der Waals surface area contributed by atoms with Gasteiger partial charge in [-0.25, -0.2) is 23.1 Å². The Labute approximate surface area is 188 Å². The summed E-state index contributed by atoms with van der Waals surface area (Å²) >= 11 is 3.49. The number of para-hydroxylation sites is 1. The highest BCUT2D eigenvalue weighted by Gasteiger charge is 2.35. The van der Waals surface area contributed by atoms with Crippen LogP contribution in [-0.2, 0) is 22.8 Å². The third-order valence-corrected chi connectivity index (χ3v) is 6.36. The molecule has 2 amide bonds. The van der Waals surface area contributed by atoms with Crippen LogP contribution >= 0.6 is 15.9 Å². The second-order valence-corrected chi connectivity index (χ2v) is 9.84. The number of anilines is 3. The first kappa shape index (κ1) is 21.4. The Kier molecular flexibility index (Phi) is 5.78. The van der Waals surface area contributed by atoms with Gasteiger partial charge in [0.1, 0.15) is 0 Å². The number of aromatic nitrogens is 2. The molecule has 31 heavy (non-hydrogen) atoms. The highest BCUT2D eigenvalue weighted by Crippen LogP contribution is 2.38. The lowest BCUT2D eigenvalue weighted by molar-refractivity contribution is 0.252. The average Bonchev–Trinajstić information content (AvgIpc) is 2.73. The van der Waals surface area contributed by atoms with E-state index in [1.807, 2.05) is 30.3 Å². The molecule has 0 atom stereocenters. The van der Waals surface area contributed by atoms with Gasteiger partial charge in [0.15, 0.2) is 5.82 Å². The minimum atomic E-state index is -3.66. The van der Waals surface area contributed by atoms with Crippen molar-refractivity contribution < 1.29 is 18.3 Å². The lowest BCUT2D eigenvalue weighted by Crippen LogP contribution is -2.45. The summed E-state index contributed by atoms with van der Waals surface area (Å²) in [6.07, 6.45) is 2.90. The molecule has 10 heteroatoms. The average molecular weight is 503 g/mol. The summed E-state index contributed by atoms with van der Waals surface area (Å²) in [7, 11) is -3.66. The molecular weight excluding hydrogens is 484 g/mol. The first-order valence-electron chi connectivity index (χ1n) is 9.41. The van der Waals surface area contributed by atoms with Crippen molar-refractivity contribution in [1.29, 1.82) is 0 Å². The number of amides is 2. The number of urea groups is 1. The number of aliphatic hydroxyl groups is 1. The summed E-state index contributed by atoms with van der Waals surface area (Å²) in [5.74, 6) is 0.227. The van der Waals surface area contributed by atoms with Crippen LogP contribution in [0.3, 0.4) is 0 Å². The van der Waals surface area contributed by atoms with Crippen molar-refractivity contribution in [3.63, 3.8) is 0 Å². The Morgan fingerprint density at radius 3 is 2.65 bits per heavy atom. The van der Waals surface area contributed by atoms with Gasteiger partial charge in [-0.2, -0.15) is 4.98 Å². The molecule has 0 saturated heterocycles. The number of benzene rings is 2. The maximum atomic E-state index is 13.6. The van der Waals surface area contributed by atoms with Gasteiger partial charge in [-0.3, -0.25) is 4.90 Å². The molecule has 1 aliphatic heterocycles. The summed E-state index contributed by atoms with van der Waals surface area (Å²) in [6, 6.07) is 14.1. The van der Waals surface area contributed by atoms with Crippen LogP contribution in [0.1, 0.15) is 11.1 Å². The Morgan fingerprint density at radius 1 is 1.16 bits per heavy atom. The molecule has 2 aromatic carbocycles. The van der Waals surface area contributed by atoms with E-state index in [0.29, 0.717) is 23.4 Å². The number of carbonyl (C=O) groups is 1. The van der Waals surface area contributed by atoms with E-state index in [4.69, 9.17) is 0 Å². The standard InChI is InChI=1S/C21H19BrN4O4S/c1-31(29,30)20-23-12-15-13-25(18-8-3-2-7-17(18)22)21(28)26(19(15)24-20)16-6-4-5-14(11-16)9-10-27/h2-8,11-12,27H,9-10,13H2,1H3. The number of hydrogen-bond donors (Lipinski definition) is 1. The number of rotatable bonds is 5. The van der Waals surface area contributed by atoms with Crippen LogP contribution < -0.4 is 9.80 Å². The maximum Gasteiger partial charge on any atom is 0.335 e. The molecule has 0 spiro atoms. The van der Waals surface area contributed by atoms with Gasteiger partial charge >= 0.3 is 6.03 Å². The molecule has 2 heterocycles. The van der Waals surface area contributed by atoms with Gasteiger partial charge in [-0.05, 0) is 52.2 Å². The minimum Gasteiger partial charge on any atom is -0.396 e. The zero-order valence-corrected chi connectivity index (χ0v) is 19.0. The topological polar surface area (TPSA) is 104 Å². The molecule has 0 fully saturated rings. The maximum absolute atomic E-state index is 13.6. The van der Waals surface area contributed by atoms with Crippen LogP contribution in [0.25, 0.3) is 0 Å². The predicted octanol–water partition coefficient (Wildman–Crippen LogP) is 3.46. The summed E-state index contributed by atoms with van der Waals surface area (Å²) in [5, 5.41) is 8.95. The fraction of sp³-hybridized carbons (Fsp3) is 0.190. The SMILES string of the molecule is CS(=O)(=O)c1ncc2c(n1)N(c1cccc(CCO)c1)C(=O)N(c1ccccc1Br)C2. The van der Waals surface area contributed by atoms with Gasteiger partial charge in [0.25, 0.3) is 0 Å². The fourth-order valence-electron chi connectivity index (χ4n) is 3.39. The summed E-state index contributed by atoms with van der Waals surface area (Å²) in [4.78, 5) is 24.8. The fourth-order valence-corrected chi connectivity index (χ4v) is 4.38. The van der Waals surface area contributed by atoms with Crippen LogP contribution in [-0.4, -0.2) is 42.4 Å². The number of fused-ring (bicyclic) bond motifs is 1. The van der Waals surface area contributed by atoms with E-state index in [-0.39, 0.29) is 30.2 Å². The number of aliphatic hydroxyl groups excluding tert-OH is 1. The van der Waals surface area contributed by atoms with Gasteiger partial charge in [0.2, 0.25) is 15.0 Å². The van der Waals surface area contributed by atoms with Crippen molar-refractivity contribution in [2.75, 3.05) is 22.7 Å². The molecule has 0 radical (unpaired) electrons. The number of hydrogen-bond acceptors (Lipinski definition) is 6. The summed E-state index contributed by atoms with van der Waals surface area (Å²) < 4.78 is 24.8. The molecule has 8 nitrogen and oxygen atoms in total. The molecule has 1 aliphatic rings. The second-order valence-electron chi connectivity index (χ2n) is 7.07. The lowest BCUT2D eigenvalue weighted by atomic mass is 10.1. The van der Waals surface area contributed by atoms with E-state index in [9.17, 15) is 18.3 Å². The Bertz CT molecular complexity index is 1270. The smallest absolute Gasteiger partial charge is 0.335 e. The third kappa shape index (κ3) is 4.18. The van der Waals surface area contributed by atoms with Crippen molar-refractivity contribution in [3.05, 3.63) is 70.3 Å². The third-order valence-electron chi connectivity index (χ3n) is 4.83. The molecule has 0 aliphatic carbocycles. The highest BCUT2D eigenvalue weighted by molar-refractivity contribution is 9.10. The Morgan fingerprint density at radius 2 is 1.94 bits per heavy atom. The number of sulfone groups is 1. The first-order valence-corrected chi connectivity index (χ1v) is 12.1. The van der Waals surface area contributed by atoms with E-state index in [1.165, 1.54) is 11.1 Å². The van der Waals surface area contributed by atoms with Crippen molar-refractivity contribution in [3.8, 4) is 0 Å². The van der Waals surface area contributed by atoms with Crippen molar-refractivity contribution in [2.24, 2.45) is 0 Å². The number of nitrogens with zero attached hydrogens (tertiary/aromatic N) is 4. The summed E-state index contributed by atoms with van der Waals surface area (Å²) in [5.41, 5.74) is 2.63. The first-order chi connectivity index (χ1) is 14.8. The number of halogens is 1.